The molecular weight excluding hydrogens is 955 g/mol. The molecular formula is C71H53N5O2. The highest BCUT2D eigenvalue weighted by Gasteiger charge is 2.26. The number of aromatic nitrogens is 3. The molecule has 0 N–H and O–H groups in total. The number of rotatable bonds is 10. The zero-order valence-electron chi connectivity index (χ0n) is 43.7. The number of nitrogens with zero attached hydrogens (tertiary/aromatic N) is 5. The quantitative estimate of drug-likeness (QED) is 0.137. The first-order valence-corrected chi connectivity index (χ1v) is 27.0. The summed E-state index contributed by atoms with van der Waals surface area (Å²) in [7, 11) is 0. The van der Waals surface area contributed by atoms with Gasteiger partial charge in [0.1, 0.15) is 11.2 Å². The van der Waals surface area contributed by atoms with Gasteiger partial charge < -0.3 is 27.8 Å². The smallest absolute Gasteiger partial charge is 0.230 e. The topological polar surface area (TPSA) is 55.5 Å². The summed E-state index contributed by atoms with van der Waals surface area (Å²) in [6, 6.07) is 85.3. The Labute approximate surface area is 451 Å². The molecule has 0 amide bonds. The molecule has 0 fully saturated rings. The lowest BCUT2D eigenvalue weighted by atomic mass is 10.0. The van der Waals surface area contributed by atoms with Crippen LogP contribution in [0.1, 0.15) is 50.7 Å². The van der Waals surface area contributed by atoms with E-state index in [2.05, 4.69) is 283 Å². The summed E-state index contributed by atoms with van der Waals surface area (Å²) in [5.74, 6) is 0.802. The van der Waals surface area contributed by atoms with E-state index in [0.29, 0.717) is 23.3 Å². The van der Waals surface area contributed by atoms with Gasteiger partial charge in [-0.25, -0.2) is 0 Å². The third-order valence-corrected chi connectivity index (χ3v) is 15.9. The van der Waals surface area contributed by atoms with Crippen LogP contribution in [0.15, 0.2) is 245 Å². The average molecular weight is 1010 g/mol. The minimum Gasteiger partial charge on any atom is -0.438 e. The molecule has 7 heteroatoms. The van der Waals surface area contributed by atoms with Crippen LogP contribution in [-0.4, -0.2) is 14.1 Å². The third kappa shape index (κ3) is 7.15. The highest BCUT2D eigenvalue weighted by Crippen LogP contribution is 2.48. The summed E-state index contributed by atoms with van der Waals surface area (Å²) < 4.78 is 18.4. The Hall–Kier alpha value is -9.85. The standard InChI is InChI=1S/C71H53N5O2/c1-44(2)46-29-33-50(34-30-46)73(64-27-15-23-58-54-21-11-13-25-62(54)75(68(58)64)48-17-7-5-8-18-48)52-37-39-56-60-43-61-57-40-38-53(42-67(57)78-71(61)72-70(60)77-66(56)41-52)74(51-35-31-47(32-36-51)45(3)4)65-28-16-24-59-55-22-12-14-26-63(55)76(69(59)65)49-19-9-6-10-20-49/h5-45H,1-4H3. The fourth-order valence-corrected chi connectivity index (χ4v) is 12.1. The van der Waals surface area contributed by atoms with Gasteiger partial charge >= 0.3 is 0 Å². The van der Waals surface area contributed by atoms with Crippen LogP contribution < -0.4 is 9.80 Å². The van der Waals surface area contributed by atoms with Crippen LogP contribution in [0.3, 0.4) is 0 Å². The fourth-order valence-electron chi connectivity index (χ4n) is 12.1. The van der Waals surface area contributed by atoms with Crippen molar-refractivity contribution in [1.82, 2.24) is 14.1 Å². The number of furan rings is 2. The zero-order valence-corrected chi connectivity index (χ0v) is 43.7. The molecule has 0 aliphatic carbocycles. The van der Waals surface area contributed by atoms with Gasteiger partial charge in [0.2, 0.25) is 11.4 Å². The lowest BCUT2D eigenvalue weighted by Gasteiger charge is -2.27. The van der Waals surface area contributed by atoms with Gasteiger partial charge in [-0.05, 0) is 126 Å². The van der Waals surface area contributed by atoms with Crippen molar-refractivity contribution in [3.63, 3.8) is 0 Å². The van der Waals surface area contributed by atoms with Gasteiger partial charge in [-0.15, -0.1) is 0 Å². The molecule has 5 heterocycles. The molecule has 0 aliphatic heterocycles. The van der Waals surface area contributed by atoms with Crippen molar-refractivity contribution in [2.24, 2.45) is 0 Å². The molecule has 0 aliphatic rings. The van der Waals surface area contributed by atoms with E-state index in [1.807, 2.05) is 0 Å². The second-order valence-corrected chi connectivity index (χ2v) is 21.1. The number of pyridine rings is 1. The lowest BCUT2D eigenvalue weighted by molar-refractivity contribution is 0.631. The van der Waals surface area contributed by atoms with Crippen LogP contribution in [0.2, 0.25) is 0 Å². The predicted molar refractivity (Wildman–Crippen MR) is 325 cm³/mol. The monoisotopic (exact) mass is 1010 g/mol. The van der Waals surface area contributed by atoms with E-state index in [1.165, 1.54) is 32.7 Å². The van der Waals surface area contributed by atoms with Crippen LogP contribution in [0, 0.1) is 0 Å². The summed E-state index contributed by atoms with van der Waals surface area (Å²) >= 11 is 0. The molecule has 78 heavy (non-hydrogen) atoms. The molecule has 10 aromatic carbocycles. The molecule has 0 radical (unpaired) electrons. The first-order chi connectivity index (χ1) is 38.3. The number of anilines is 6. The number of hydrogen-bond acceptors (Lipinski definition) is 5. The highest BCUT2D eigenvalue weighted by atomic mass is 16.4. The molecule has 15 rings (SSSR count). The zero-order chi connectivity index (χ0) is 52.2. The molecule has 15 aromatic rings. The van der Waals surface area contributed by atoms with Crippen molar-refractivity contribution >= 4 is 122 Å². The molecule has 0 unspecified atom stereocenters. The van der Waals surface area contributed by atoms with E-state index in [-0.39, 0.29) is 0 Å². The molecule has 374 valence electrons. The van der Waals surface area contributed by atoms with Crippen LogP contribution in [0.5, 0.6) is 0 Å². The van der Waals surface area contributed by atoms with Gasteiger partial charge in [0.25, 0.3) is 0 Å². The van der Waals surface area contributed by atoms with Gasteiger partial charge in [0, 0.05) is 89.3 Å². The van der Waals surface area contributed by atoms with Gasteiger partial charge in [-0.2, -0.15) is 4.98 Å². The summed E-state index contributed by atoms with van der Waals surface area (Å²) in [5.41, 5.74) is 18.1. The Morgan fingerprint density at radius 1 is 0.333 bits per heavy atom. The molecule has 7 nitrogen and oxygen atoms in total. The number of para-hydroxylation sites is 6. The van der Waals surface area contributed by atoms with Crippen molar-refractivity contribution in [2.45, 2.75) is 39.5 Å². The van der Waals surface area contributed by atoms with Crippen molar-refractivity contribution in [1.29, 1.82) is 0 Å². The predicted octanol–water partition coefficient (Wildman–Crippen LogP) is 20.3. The minimum atomic E-state index is 0.401. The highest BCUT2D eigenvalue weighted by molar-refractivity contribution is 6.17. The minimum absolute atomic E-state index is 0.401. The SMILES string of the molecule is CC(C)c1ccc(N(c2ccc3c(c2)oc2nc4oc5cc(N(c6ccc(C(C)C)cc6)c6cccc7c8ccccc8n(-c8ccccc8)c67)ccc5c4cc23)c2cccc3c4ccccc4n(-c4ccccc4)c23)cc1. The second kappa shape index (κ2) is 17.9. The van der Waals surface area contributed by atoms with Crippen LogP contribution >= 0.6 is 0 Å². The van der Waals surface area contributed by atoms with Crippen molar-refractivity contribution in [2.75, 3.05) is 9.80 Å². The van der Waals surface area contributed by atoms with E-state index in [9.17, 15) is 0 Å². The summed E-state index contributed by atoms with van der Waals surface area (Å²) in [4.78, 5) is 9.87. The number of hydrogen-bond donors (Lipinski definition) is 0. The van der Waals surface area contributed by atoms with Gasteiger partial charge in [0.05, 0.1) is 33.4 Å². The van der Waals surface area contributed by atoms with E-state index in [4.69, 9.17) is 13.8 Å². The number of benzene rings is 10. The summed E-state index contributed by atoms with van der Waals surface area (Å²) in [5, 5.41) is 8.61. The maximum absolute atomic E-state index is 6.80. The van der Waals surface area contributed by atoms with Crippen molar-refractivity contribution in [3.05, 3.63) is 248 Å². The molecule has 5 aromatic heterocycles. The summed E-state index contributed by atoms with van der Waals surface area (Å²) in [6.45, 7) is 8.96. The average Bonchev–Trinajstić information content (AvgIpc) is 4.30. The van der Waals surface area contributed by atoms with E-state index in [1.54, 1.807) is 0 Å². The second-order valence-electron chi connectivity index (χ2n) is 21.1. The normalized spacial score (nSPS) is 12.1. The molecule has 0 saturated carbocycles. The Balaban J connectivity index is 0.880. The Bertz CT molecular complexity index is 4490. The maximum atomic E-state index is 6.80. The van der Waals surface area contributed by atoms with E-state index in [0.717, 1.165) is 100 Å². The molecule has 0 saturated heterocycles. The summed E-state index contributed by atoms with van der Waals surface area (Å²) in [6.07, 6.45) is 0. The first-order valence-electron chi connectivity index (χ1n) is 27.0. The van der Waals surface area contributed by atoms with Crippen molar-refractivity contribution < 1.29 is 8.83 Å². The van der Waals surface area contributed by atoms with Crippen LogP contribution in [-0.2, 0) is 0 Å². The van der Waals surface area contributed by atoms with E-state index >= 15 is 0 Å². The Morgan fingerprint density at radius 2 is 0.718 bits per heavy atom. The largest absolute Gasteiger partial charge is 0.438 e. The molecule has 0 atom stereocenters. The molecule has 0 spiro atoms. The van der Waals surface area contributed by atoms with Crippen molar-refractivity contribution in [3.8, 4) is 11.4 Å². The van der Waals surface area contributed by atoms with Crippen LogP contribution in [0.25, 0.3) is 99.1 Å². The van der Waals surface area contributed by atoms with Crippen LogP contribution in [0.4, 0.5) is 34.1 Å². The maximum Gasteiger partial charge on any atom is 0.230 e. The van der Waals surface area contributed by atoms with Gasteiger partial charge in [-0.1, -0.05) is 149 Å². The van der Waals surface area contributed by atoms with Gasteiger partial charge in [-0.3, -0.25) is 0 Å². The number of fused-ring (bicyclic) bond motifs is 12. The van der Waals surface area contributed by atoms with Gasteiger partial charge in [0.15, 0.2) is 0 Å². The van der Waals surface area contributed by atoms with E-state index < -0.39 is 0 Å². The third-order valence-electron chi connectivity index (χ3n) is 15.9. The first kappa shape index (κ1) is 45.5. The Morgan fingerprint density at radius 3 is 1.14 bits per heavy atom. The Kier molecular flexibility index (Phi) is 10.4. The lowest BCUT2D eigenvalue weighted by Crippen LogP contribution is -2.11. The fraction of sp³-hybridized carbons (Fsp3) is 0.0845. The molecule has 0 bridgehead atoms.